The van der Waals surface area contributed by atoms with Crippen molar-refractivity contribution >= 4 is 17.8 Å². The molecule has 1 saturated heterocycles. The van der Waals surface area contributed by atoms with E-state index in [0.29, 0.717) is 0 Å². The van der Waals surface area contributed by atoms with E-state index < -0.39 is 17.9 Å². The number of nitrogens with zero attached hydrogens (tertiary/aromatic N) is 1. The number of aliphatic carboxylic acids is 1. The van der Waals surface area contributed by atoms with Crippen LogP contribution < -0.4 is 0 Å². The van der Waals surface area contributed by atoms with Crippen molar-refractivity contribution in [1.29, 1.82) is 0 Å². The lowest BCUT2D eigenvalue weighted by Crippen LogP contribution is -2.39. The summed E-state index contributed by atoms with van der Waals surface area (Å²) in [5.41, 5.74) is -0.702. The highest BCUT2D eigenvalue weighted by Gasteiger charge is 2.67. The van der Waals surface area contributed by atoms with E-state index in [2.05, 4.69) is 0 Å². The number of carboxylic acid groups (broad SMARTS) is 1. The monoisotopic (exact) mass is 235 g/mol. The van der Waals surface area contributed by atoms with Crippen molar-refractivity contribution in [3.8, 4) is 0 Å². The van der Waals surface area contributed by atoms with Gasteiger partial charge in [0.1, 0.15) is 6.54 Å². The third-order valence-electron chi connectivity index (χ3n) is 4.49. The molecule has 2 fully saturated rings. The predicted octanol–water partition coefficient (Wildman–Crippen LogP) is 0.268. The Hall–Kier alpha value is -1.65. The van der Waals surface area contributed by atoms with Crippen LogP contribution in [0.5, 0.6) is 0 Å². The molecule has 5 nitrogen and oxygen atoms in total. The molecule has 5 heteroatoms. The molecule has 0 unspecified atom stereocenters. The number of carbonyl (C=O) groups is 3. The van der Waals surface area contributed by atoms with Gasteiger partial charge in [-0.3, -0.25) is 19.3 Å². The Morgan fingerprint density at radius 3 is 2.82 bits per heavy atom. The van der Waals surface area contributed by atoms with Gasteiger partial charge in [0, 0.05) is 0 Å². The predicted molar refractivity (Wildman–Crippen MR) is 56.7 cm³/mol. The highest BCUT2D eigenvalue weighted by Crippen LogP contribution is 2.60. The molecule has 4 atom stereocenters. The molecule has 1 aliphatic heterocycles. The SMILES string of the molecule is C[C@@]12C(=O)N(CC(=O)O)C(=O)[C@@H]1[C@@H]1C=C[C@H]2C1. The fourth-order valence-corrected chi connectivity index (χ4v) is 3.67. The molecule has 0 radical (unpaired) electrons. The largest absolute Gasteiger partial charge is 0.480 e. The van der Waals surface area contributed by atoms with Gasteiger partial charge in [0.15, 0.2) is 0 Å². The normalized spacial score (nSPS) is 42.4. The number of rotatable bonds is 2. The van der Waals surface area contributed by atoms with E-state index in [0.717, 1.165) is 11.3 Å². The highest BCUT2D eigenvalue weighted by atomic mass is 16.4. The standard InChI is InChI=1S/C12H13NO4/c1-12-7-3-2-6(4-7)9(12)10(16)13(11(12)17)5-8(14)15/h2-3,6-7,9H,4-5H2,1H3,(H,14,15)/t6-,7+,9+,12+/m1/s1. The number of imide groups is 1. The molecule has 3 rings (SSSR count). The van der Waals surface area contributed by atoms with Gasteiger partial charge in [-0.1, -0.05) is 12.2 Å². The number of carbonyl (C=O) groups excluding carboxylic acids is 2. The van der Waals surface area contributed by atoms with Crippen molar-refractivity contribution in [2.45, 2.75) is 13.3 Å². The second-order valence-electron chi connectivity index (χ2n) is 5.27. The van der Waals surface area contributed by atoms with E-state index in [1.165, 1.54) is 0 Å². The summed E-state index contributed by atoms with van der Waals surface area (Å²) in [4.78, 5) is 36.0. The molecule has 2 bridgehead atoms. The molecule has 2 aliphatic carbocycles. The Balaban J connectivity index is 2.00. The average Bonchev–Trinajstić information content (AvgIpc) is 2.87. The van der Waals surface area contributed by atoms with E-state index in [1.54, 1.807) is 6.92 Å². The highest BCUT2D eigenvalue weighted by molar-refractivity contribution is 6.10. The number of hydrogen-bond donors (Lipinski definition) is 1. The minimum Gasteiger partial charge on any atom is -0.480 e. The molecule has 1 saturated carbocycles. The zero-order valence-electron chi connectivity index (χ0n) is 9.42. The quantitative estimate of drug-likeness (QED) is 0.550. The van der Waals surface area contributed by atoms with Gasteiger partial charge < -0.3 is 5.11 Å². The third kappa shape index (κ3) is 1.06. The summed E-state index contributed by atoms with van der Waals surface area (Å²) in [7, 11) is 0. The second-order valence-corrected chi connectivity index (χ2v) is 5.27. The van der Waals surface area contributed by atoms with Crippen molar-refractivity contribution in [2.75, 3.05) is 6.54 Å². The van der Waals surface area contributed by atoms with Crippen molar-refractivity contribution in [2.24, 2.45) is 23.2 Å². The minimum atomic E-state index is -1.14. The van der Waals surface area contributed by atoms with Crippen molar-refractivity contribution in [3.63, 3.8) is 0 Å². The van der Waals surface area contributed by atoms with Crippen LogP contribution in [-0.2, 0) is 14.4 Å². The Morgan fingerprint density at radius 2 is 2.24 bits per heavy atom. The van der Waals surface area contributed by atoms with Crippen LogP contribution in [0.1, 0.15) is 13.3 Å². The van der Waals surface area contributed by atoms with Crippen LogP contribution in [0.2, 0.25) is 0 Å². The number of likely N-dealkylation sites (tertiary alicyclic amines) is 1. The van der Waals surface area contributed by atoms with Gasteiger partial charge in [-0.15, -0.1) is 0 Å². The summed E-state index contributed by atoms with van der Waals surface area (Å²) in [6, 6.07) is 0. The number of amides is 2. The summed E-state index contributed by atoms with van der Waals surface area (Å²) in [5.74, 6) is -1.91. The smallest absolute Gasteiger partial charge is 0.323 e. The number of carboxylic acids is 1. The van der Waals surface area contributed by atoms with Gasteiger partial charge >= 0.3 is 5.97 Å². The summed E-state index contributed by atoms with van der Waals surface area (Å²) < 4.78 is 0. The third-order valence-corrected chi connectivity index (χ3v) is 4.49. The Morgan fingerprint density at radius 1 is 1.53 bits per heavy atom. The zero-order chi connectivity index (χ0) is 12.4. The van der Waals surface area contributed by atoms with E-state index >= 15 is 0 Å². The molecule has 0 spiro atoms. The molecule has 17 heavy (non-hydrogen) atoms. The lowest BCUT2D eigenvalue weighted by molar-refractivity contribution is -0.150. The summed E-state index contributed by atoms with van der Waals surface area (Å²) in [5, 5.41) is 8.74. The van der Waals surface area contributed by atoms with Gasteiger partial charge in [0.05, 0.1) is 11.3 Å². The maximum atomic E-state index is 12.3. The lowest BCUT2D eigenvalue weighted by atomic mass is 9.71. The average molecular weight is 235 g/mol. The molecule has 0 aromatic rings. The molecule has 3 aliphatic rings. The van der Waals surface area contributed by atoms with E-state index in [-0.39, 0.29) is 29.6 Å². The Bertz CT molecular complexity index is 469. The van der Waals surface area contributed by atoms with Gasteiger partial charge in [-0.05, 0) is 25.2 Å². The number of fused-ring (bicyclic) bond motifs is 5. The summed E-state index contributed by atoms with van der Waals surface area (Å²) >= 11 is 0. The molecule has 2 amide bonds. The summed E-state index contributed by atoms with van der Waals surface area (Å²) in [6.45, 7) is 1.29. The molecular weight excluding hydrogens is 222 g/mol. The Labute approximate surface area is 98.1 Å². The second kappa shape index (κ2) is 2.97. The molecule has 0 aromatic carbocycles. The zero-order valence-corrected chi connectivity index (χ0v) is 9.42. The van der Waals surface area contributed by atoms with E-state index in [4.69, 9.17) is 5.11 Å². The van der Waals surface area contributed by atoms with Crippen LogP contribution in [0.3, 0.4) is 0 Å². The van der Waals surface area contributed by atoms with Gasteiger partial charge in [-0.25, -0.2) is 0 Å². The maximum absolute atomic E-state index is 12.3. The summed E-state index contributed by atoms with van der Waals surface area (Å²) in [6.07, 6.45) is 4.84. The van der Waals surface area contributed by atoms with Crippen molar-refractivity contribution in [3.05, 3.63) is 12.2 Å². The topological polar surface area (TPSA) is 74.7 Å². The van der Waals surface area contributed by atoms with E-state index in [1.807, 2.05) is 12.2 Å². The Kier molecular flexibility index (Phi) is 1.83. The molecule has 90 valence electrons. The fraction of sp³-hybridized carbons (Fsp3) is 0.583. The maximum Gasteiger partial charge on any atom is 0.323 e. The van der Waals surface area contributed by atoms with Crippen LogP contribution >= 0.6 is 0 Å². The number of hydrogen-bond acceptors (Lipinski definition) is 3. The first-order valence-corrected chi connectivity index (χ1v) is 5.72. The number of allylic oxidation sites excluding steroid dienone is 2. The van der Waals surface area contributed by atoms with Gasteiger partial charge in [0.25, 0.3) is 0 Å². The minimum absolute atomic E-state index is 0.0905. The molecule has 1 N–H and O–H groups in total. The van der Waals surface area contributed by atoms with Crippen LogP contribution in [0.15, 0.2) is 12.2 Å². The molecule has 0 aromatic heterocycles. The lowest BCUT2D eigenvalue weighted by Gasteiger charge is -2.28. The van der Waals surface area contributed by atoms with Gasteiger partial charge in [-0.2, -0.15) is 0 Å². The van der Waals surface area contributed by atoms with Crippen LogP contribution in [0.25, 0.3) is 0 Å². The van der Waals surface area contributed by atoms with Gasteiger partial charge in [0.2, 0.25) is 11.8 Å². The first kappa shape index (κ1) is 10.5. The first-order chi connectivity index (χ1) is 7.96. The molecular formula is C12H13NO4. The van der Waals surface area contributed by atoms with E-state index in [9.17, 15) is 14.4 Å². The van der Waals surface area contributed by atoms with Crippen molar-refractivity contribution < 1.29 is 19.5 Å². The molecule has 1 heterocycles. The first-order valence-electron chi connectivity index (χ1n) is 5.72. The van der Waals surface area contributed by atoms with Crippen LogP contribution in [0.4, 0.5) is 0 Å². The van der Waals surface area contributed by atoms with Crippen LogP contribution in [-0.4, -0.2) is 34.3 Å². The van der Waals surface area contributed by atoms with Crippen molar-refractivity contribution in [1.82, 2.24) is 4.90 Å². The van der Waals surface area contributed by atoms with Crippen LogP contribution in [0, 0.1) is 23.2 Å². The fourth-order valence-electron chi connectivity index (χ4n) is 3.67.